The normalized spacial score (nSPS) is 37.5. The summed E-state index contributed by atoms with van der Waals surface area (Å²) in [5.41, 5.74) is 2.84. The average Bonchev–Trinajstić information content (AvgIpc) is 2.85. The van der Waals surface area contributed by atoms with Gasteiger partial charge >= 0.3 is 0 Å². The van der Waals surface area contributed by atoms with Gasteiger partial charge in [-0.1, -0.05) is 31.9 Å². The van der Waals surface area contributed by atoms with Crippen LogP contribution in [-0.2, 0) is 9.53 Å². The summed E-state index contributed by atoms with van der Waals surface area (Å²) in [6, 6.07) is 0. The summed E-state index contributed by atoms with van der Waals surface area (Å²) in [4.78, 5) is 12.6. The van der Waals surface area contributed by atoms with Crippen molar-refractivity contribution < 1.29 is 9.53 Å². The van der Waals surface area contributed by atoms with E-state index in [1.54, 1.807) is 0 Å². The Kier molecular flexibility index (Phi) is 5.55. The highest BCUT2D eigenvalue weighted by molar-refractivity contribution is 5.97. The smallest absolute Gasteiger partial charge is 0.158 e. The molecule has 2 nitrogen and oxygen atoms in total. The number of carbonyl (C=O) groups is 1. The lowest BCUT2D eigenvalue weighted by molar-refractivity contribution is -0.134. The van der Waals surface area contributed by atoms with Crippen molar-refractivity contribution in [3.63, 3.8) is 0 Å². The summed E-state index contributed by atoms with van der Waals surface area (Å²) in [7, 11) is 0. The number of rotatable bonds is 5. The maximum Gasteiger partial charge on any atom is 0.158 e. The molecular formula is C24H38O2. The molecule has 3 unspecified atom stereocenters. The van der Waals surface area contributed by atoms with Gasteiger partial charge in [0.15, 0.2) is 5.78 Å². The monoisotopic (exact) mass is 358 g/mol. The van der Waals surface area contributed by atoms with Crippen molar-refractivity contribution in [3.05, 3.63) is 23.8 Å². The highest BCUT2D eigenvalue weighted by Crippen LogP contribution is 2.62. The molecule has 3 aliphatic carbocycles. The van der Waals surface area contributed by atoms with Gasteiger partial charge in [-0.15, -0.1) is 6.58 Å². The van der Waals surface area contributed by atoms with Crippen molar-refractivity contribution in [3.8, 4) is 0 Å². The van der Waals surface area contributed by atoms with Crippen molar-refractivity contribution in [1.82, 2.24) is 0 Å². The van der Waals surface area contributed by atoms with Gasteiger partial charge in [-0.25, -0.2) is 0 Å². The quantitative estimate of drug-likeness (QED) is 0.542. The fourth-order valence-electron chi connectivity index (χ4n) is 6.16. The van der Waals surface area contributed by atoms with Gasteiger partial charge in [0.2, 0.25) is 0 Å². The lowest BCUT2D eigenvalue weighted by atomic mass is 9.58. The molecule has 146 valence electrons. The maximum absolute atomic E-state index is 12.6. The van der Waals surface area contributed by atoms with Gasteiger partial charge in [-0.3, -0.25) is 4.79 Å². The fourth-order valence-corrected chi connectivity index (χ4v) is 6.16. The molecule has 0 radical (unpaired) electrons. The Hall–Kier alpha value is -0.890. The van der Waals surface area contributed by atoms with E-state index in [2.05, 4.69) is 41.2 Å². The lowest BCUT2D eigenvalue weighted by Crippen LogP contribution is -2.46. The van der Waals surface area contributed by atoms with Gasteiger partial charge in [-0.2, -0.15) is 0 Å². The molecule has 0 aliphatic heterocycles. The minimum atomic E-state index is -0.0935. The zero-order valence-electron chi connectivity index (χ0n) is 17.6. The molecule has 2 saturated carbocycles. The molecule has 0 amide bonds. The molecule has 0 N–H and O–H groups in total. The Morgan fingerprint density at radius 2 is 2.04 bits per heavy atom. The summed E-state index contributed by atoms with van der Waals surface area (Å²) in [5.74, 6) is 2.34. The van der Waals surface area contributed by atoms with E-state index in [1.165, 1.54) is 24.8 Å². The third-order valence-electron chi connectivity index (χ3n) is 7.36. The van der Waals surface area contributed by atoms with Crippen LogP contribution in [0.15, 0.2) is 23.8 Å². The third-order valence-corrected chi connectivity index (χ3v) is 7.36. The number of fused-ring (bicyclic) bond motifs is 3. The summed E-state index contributed by atoms with van der Waals surface area (Å²) < 4.78 is 6.67. The van der Waals surface area contributed by atoms with Crippen LogP contribution in [0.5, 0.6) is 0 Å². The van der Waals surface area contributed by atoms with E-state index in [9.17, 15) is 4.79 Å². The lowest BCUT2D eigenvalue weighted by Gasteiger charge is -2.49. The van der Waals surface area contributed by atoms with Gasteiger partial charge in [-0.05, 0) is 88.0 Å². The average molecular weight is 359 g/mol. The van der Waals surface area contributed by atoms with E-state index < -0.39 is 0 Å². The molecule has 5 atom stereocenters. The predicted molar refractivity (Wildman–Crippen MR) is 108 cm³/mol. The highest BCUT2D eigenvalue weighted by atomic mass is 16.5. The van der Waals surface area contributed by atoms with Gasteiger partial charge in [0, 0.05) is 6.42 Å². The first-order chi connectivity index (χ1) is 12.2. The van der Waals surface area contributed by atoms with Crippen molar-refractivity contribution in [2.24, 2.45) is 23.2 Å². The Balaban J connectivity index is 1.93. The zero-order chi connectivity index (χ0) is 19.1. The predicted octanol–water partition coefficient (Wildman–Crippen LogP) is 6.26. The minimum Gasteiger partial charge on any atom is -0.372 e. The first kappa shape index (κ1) is 19.9. The van der Waals surface area contributed by atoms with Gasteiger partial charge in [0.1, 0.15) is 0 Å². The van der Waals surface area contributed by atoms with Gasteiger partial charge in [0.05, 0.1) is 11.7 Å². The first-order valence-electron chi connectivity index (χ1n) is 10.7. The zero-order valence-corrected chi connectivity index (χ0v) is 17.6. The molecule has 26 heavy (non-hydrogen) atoms. The summed E-state index contributed by atoms with van der Waals surface area (Å²) >= 11 is 0. The molecule has 3 rings (SSSR count). The number of carbonyl (C=O) groups excluding carboxylic acids is 1. The van der Waals surface area contributed by atoms with Gasteiger partial charge < -0.3 is 4.74 Å². The largest absolute Gasteiger partial charge is 0.372 e. The Labute approximate surface area is 160 Å². The molecule has 0 aromatic heterocycles. The number of ketones is 1. The van der Waals surface area contributed by atoms with E-state index in [1.807, 2.05) is 6.08 Å². The molecule has 2 fully saturated rings. The van der Waals surface area contributed by atoms with Crippen LogP contribution < -0.4 is 0 Å². The van der Waals surface area contributed by atoms with Crippen LogP contribution in [-0.4, -0.2) is 17.5 Å². The van der Waals surface area contributed by atoms with Crippen LogP contribution in [0.1, 0.15) is 86.0 Å². The van der Waals surface area contributed by atoms with Crippen molar-refractivity contribution in [2.75, 3.05) is 0 Å². The van der Waals surface area contributed by atoms with E-state index in [4.69, 9.17) is 4.74 Å². The van der Waals surface area contributed by atoms with Crippen LogP contribution in [0, 0.1) is 23.2 Å². The van der Waals surface area contributed by atoms with E-state index in [0.29, 0.717) is 29.6 Å². The number of Topliss-reactive ketones (excluding diaryl/α,β-unsaturated/α-hetero) is 1. The van der Waals surface area contributed by atoms with Crippen molar-refractivity contribution >= 4 is 5.78 Å². The highest BCUT2D eigenvalue weighted by Gasteiger charge is 2.58. The van der Waals surface area contributed by atoms with Crippen LogP contribution in [0.25, 0.3) is 0 Å². The second-order valence-electron chi connectivity index (χ2n) is 10.1. The Bertz CT molecular complexity index is 594. The van der Waals surface area contributed by atoms with Gasteiger partial charge in [0.25, 0.3) is 0 Å². The number of allylic oxidation sites excluding steroid dienone is 3. The molecule has 0 saturated heterocycles. The van der Waals surface area contributed by atoms with E-state index in [0.717, 1.165) is 37.7 Å². The summed E-state index contributed by atoms with van der Waals surface area (Å²) in [5, 5.41) is 0. The molecule has 3 aliphatic rings. The minimum absolute atomic E-state index is 0.0935. The van der Waals surface area contributed by atoms with Crippen molar-refractivity contribution in [1.29, 1.82) is 0 Å². The SMILES string of the molecule is C=CCCC1=C2CC[C@]3(C)C(OC(C)(C)C)C(CC)CC3[C@@H]2CCC1=O. The standard InChI is InChI=1S/C24H38O2/c1-7-9-10-19-17-13-14-24(6)20(18(17)11-12-21(19)25)15-16(8-2)22(24)26-23(3,4)5/h7,16,18,20,22H,1,8-15H2,2-6H3/t16?,18-,20?,22?,24+/m1/s1. The number of hydrogen-bond donors (Lipinski definition) is 0. The van der Waals surface area contributed by atoms with E-state index in [-0.39, 0.29) is 11.0 Å². The Morgan fingerprint density at radius 3 is 2.65 bits per heavy atom. The fraction of sp³-hybridized carbons (Fsp3) is 0.792. The number of hydrogen-bond acceptors (Lipinski definition) is 2. The molecule has 2 heteroatoms. The van der Waals surface area contributed by atoms with Crippen LogP contribution in [0.3, 0.4) is 0 Å². The molecule has 0 aromatic carbocycles. The van der Waals surface area contributed by atoms with Crippen LogP contribution in [0.2, 0.25) is 0 Å². The first-order valence-corrected chi connectivity index (χ1v) is 10.7. The number of ether oxygens (including phenoxy) is 1. The summed E-state index contributed by atoms with van der Waals surface area (Å²) in [6.45, 7) is 15.2. The second-order valence-corrected chi connectivity index (χ2v) is 10.1. The second kappa shape index (κ2) is 7.26. The maximum atomic E-state index is 12.6. The molecule has 0 bridgehead atoms. The van der Waals surface area contributed by atoms with Crippen LogP contribution in [0.4, 0.5) is 0 Å². The molecule has 0 heterocycles. The third kappa shape index (κ3) is 3.46. The van der Waals surface area contributed by atoms with E-state index >= 15 is 0 Å². The van der Waals surface area contributed by atoms with Crippen molar-refractivity contribution in [2.45, 2.75) is 97.7 Å². The molecule has 0 spiro atoms. The summed E-state index contributed by atoms with van der Waals surface area (Å²) in [6.07, 6.45) is 10.7. The Morgan fingerprint density at radius 1 is 1.31 bits per heavy atom. The molecular weight excluding hydrogens is 320 g/mol. The molecule has 0 aromatic rings. The van der Waals surface area contributed by atoms with Crippen LogP contribution >= 0.6 is 0 Å². The topological polar surface area (TPSA) is 26.3 Å².